The van der Waals surface area contributed by atoms with E-state index in [-0.39, 0.29) is 11.2 Å². The lowest BCUT2D eigenvalue weighted by Gasteiger charge is -2.29. The molecule has 24 heavy (non-hydrogen) atoms. The SMILES string of the molecule is CC(Sc1cc(C(N)=O)c2ccccc2n1)C(=O)N1CCOCC1. The maximum absolute atomic E-state index is 12.5. The first-order valence-corrected chi connectivity index (χ1v) is 8.67. The summed E-state index contributed by atoms with van der Waals surface area (Å²) in [7, 11) is 0. The average Bonchev–Trinajstić information content (AvgIpc) is 2.61. The van der Waals surface area contributed by atoms with Gasteiger partial charge in [0.05, 0.1) is 34.6 Å². The Kier molecular flexibility index (Phi) is 5.01. The number of nitrogens with two attached hydrogens (primary N) is 1. The van der Waals surface area contributed by atoms with Crippen molar-refractivity contribution < 1.29 is 14.3 Å². The predicted octanol–water partition coefficient (Wildman–Crippen LogP) is 1.67. The van der Waals surface area contributed by atoms with Gasteiger partial charge in [-0.05, 0) is 19.1 Å². The maximum atomic E-state index is 12.5. The highest BCUT2D eigenvalue weighted by atomic mass is 32.2. The summed E-state index contributed by atoms with van der Waals surface area (Å²) in [6.45, 7) is 4.22. The number of hydrogen-bond acceptors (Lipinski definition) is 5. The van der Waals surface area contributed by atoms with Crippen LogP contribution in [0.15, 0.2) is 35.4 Å². The molecule has 1 unspecified atom stereocenters. The summed E-state index contributed by atoms with van der Waals surface area (Å²) in [5.41, 5.74) is 6.61. The zero-order valence-corrected chi connectivity index (χ0v) is 14.2. The normalized spacial score (nSPS) is 16.1. The molecule has 1 aliphatic rings. The van der Waals surface area contributed by atoms with Crippen LogP contribution in [0.3, 0.4) is 0 Å². The summed E-state index contributed by atoms with van der Waals surface area (Å²) < 4.78 is 5.27. The fraction of sp³-hybridized carbons (Fsp3) is 0.353. The van der Waals surface area contributed by atoms with E-state index in [1.807, 2.05) is 31.2 Å². The number of amides is 2. The second-order valence-electron chi connectivity index (χ2n) is 5.59. The lowest BCUT2D eigenvalue weighted by molar-refractivity contribution is -0.134. The molecule has 0 radical (unpaired) electrons. The third-order valence-electron chi connectivity index (χ3n) is 3.93. The van der Waals surface area contributed by atoms with Crippen molar-refractivity contribution in [2.45, 2.75) is 17.2 Å². The van der Waals surface area contributed by atoms with E-state index in [0.29, 0.717) is 42.4 Å². The summed E-state index contributed by atoms with van der Waals surface area (Å²) in [5.74, 6) is -0.443. The zero-order valence-electron chi connectivity index (χ0n) is 13.4. The molecule has 0 bridgehead atoms. The van der Waals surface area contributed by atoms with Crippen molar-refractivity contribution >= 4 is 34.5 Å². The van der Waals surface area contributed by atoms with Crippen LogP contribution < -0.4 is 5.73 Å². The van der Waals surface area contributed by atoms with Crippen LogP contribution in [0, 0.1) is 0 Å². The monoisotopic (exact) mass is 345 g/mol. The smallest absolute Gasteiger partial charge is 0.249 e. The van der Waals surface area contributed by atoms with E-state index in [0.717, 1.165) is 5.39 Å². The zero-order chi connectivity index (χ0) is 17.1. The lowest BCUT2D eigenvalue weighted by atomic mass is 10.1. The molecule has 1 aliphatic heterocycles. The van der Waals surface area contributed by atoms with Gasteiger partial charge in [0.1, 0.15) is 0 Å². The van der Waals surface area contributed by atoms with Crippen molar-refractivity contribution in [3.63, 3.8) is 0 Å². The van der Waals surface area contributed by atoms with Gasteiger partial charge >= 0.3 is 0 Å². The van der Waals surface area contributed by atoms with Gasteiger partial charge in [0.25, 0.3) is 0 Å². The van der Waals surface area contributed by atoms with Crippen LogP contribution in [0.4, 0.5) is 0 Å². The molecule has 1 fully saturated rings. The van der Waals surface area contributed by atoms with E-state index < -0.39 is 5.91 Å². The number of thioether (sulfide) groups is 1. The molecule has 3 rings (SSSR count). The number of ether oxygens (including phenoxy) is 1. The second kappa shape index (κ2) is 7.19. The number of para-hydroxylation sites is 1. The van der Waals surface area contributed by atoms with Gasteiger partial charge in [0.2, 0.25) is 11.8 Å². The Labute approximate surface area is 144 Å². The summed E-state index contributed by atoms with van der Waals surface area (Å²) in [6.07, 6.45) is 0. The fourth-order valence-corrected chi connectivity index (χ4v) is 3.64. The molecule has 0 spiro atoms. The van der Waals surface area contributed by atoms with E-state index in [9.17, 15) is 9.59 Å². The van der Waals surface area contributed by atoms with Gasteiger partial charge in [-0.15, -0.1) is 0 Å². The van der Waals surface area contributed by atoms with Crippen molar-refractivity contribution in [3.05, 3.63) is 35.9 Å². The van der Waals surface area contributed by atoms with E-state index in [2.05, 4.69) is 4.98 Å². The van der Waals surface area contributed by atoms with Gasteiger partial charge in [-0.1, -0.05) is 30.0 Å². The second-order valence-corrected chi connectivity index (χ2v) is 6.95. The number of morpholine rings is 1. The lowest BCUT2D eigenvalue weighted by Crippen LogP contribution is -2.44. The van der Waals surface area contributed by atoms with Gasteiger partial charge in [-0.2, -0.15) is 0 Å². The number of benzene rings is 1. The van der Waals surface area contributed by atoms with Crippen LogP contribution >= 0.6 is 11.8 Å². The minimum atomic E-state index is -0.498. The molecule has 2 aromatic rings. The highest BCUT2D eigenvalue weighted by Crippen LogP contribution is 2.27. The Bertz CT molecular complexity index is 775. The molecule has 1 aromatic carbocycles. The number of primary amides is 1. The molecule has 0 saturated carbocycles. The third-order valence-corrected chi connectivity index (χ3v) is 4.93. The first-order chi connectivity index (χ1) is 11.6. The molecule has 126 valence electrons. The first kappa shape index (κ1) is 16.7. The first-order valence-electron chi connectivity index (χ1n) is 7.79. The van der Waals surface area contributed by atoms with Gasteiger partial charge in [-0.3, -0.25) is 9.59 Å². The molecule has 2 heterocycles. The van der Waals surface area contributed by atoms with Gasteiger partial charge in [0.15, 0.2) is 0 Å². The van der Waals surface area contributed by atoms with Gasteiger partial charge < -0.3 is 15.4 Å². The summed E-state index contributed by atoms with van der Waals surface area (Å²) in [4.78, 5) is 30.6. The van der Waals surface area contributed by atoms with Crippen LogP contribution in [0.1, 0.15) is 17.3 Å². The number of carbonyl (C=O) groups is 2. The standard InChI is InChI=1S/C17H19N3O3S/c1-11(17(22)20-6-8-23-9-7-20)24-15-10-13(16(18)21)12-4-2-3-5-14(12)19-15/h2-5,10-11H,6-9H2,1H3,(H2,18,21). The Morgan fingerprint density at radius 1 is 1.29 bits per heavy atom. The number of rotatable bonds is 4. The molecule has 2 N–H and O–H groups in total. The molecule has 7 heteroatoms. The summed E-state index contributed by atoms with van der Waals surface area (Å²) in [6, 6.07) is 9.02. The maximum Gasteiger partial charge on any atom is 0.249 e. The van der Waals surface area contributed by atoms with Crippen molar-refractivity contribution in [2.24, 2.45) is 5.73 Å². The van der Waals surface area contributed by atoms with Crippen molar-refractivity contribution in [2.75, 3.05) is 26.3 Å². The highest BCUT2D eigenvalue weighted by Gasteiger charge is 2.24. The highest BCUT2D eigenvalue weighted by molar-refractivity contribution is 8.00. The van der Waals surface area contributed by atoms with Crippen molar-refractivity contribution in [1.29, 1.82) is 0 Å². The van der Waals surface area contributed by atoms with E-state index >= 15 is 0 Å². The third kappa shape index (κ3) is 3.52. The molecule has 1 aromatic heterocycles. The van der Waals surface area contributed by atoms with Gasteiger partial charge in [-0.25, -0.2) is 4.98 Å². The number of nitrogens with zero attached hydrogens (tertiary/aromatic N) is 2. The van der Waals surface area contributed by atoms with Crippen molar-refractivity contribution in [3.8, 4) is 0 Å². The van der Waals surface area contributed by atoms with Crippen molar-refractivity contribution in [1.82, 2.24) is 9.88 Å². The molecule has 2 amide bonds. The largest absolute Gasteiger partial charge is 0.378 e. The molecular formula is C17H19N3O3S. The Balaban J connectivity index is 1.84. The molecule has 1 saturated heterocycles. The van der Waals surface area contributed by atoms with E-state index in [1.165, 1.54) is 11.8 Å². The minimum absolute atomic E-state index is 0.0545. The summed E-state index contributed by atoms with van der Waals surface area (Å²) in [5, 5.41) is 1.05. The Morgan fingerprint density at radius 2 is 2.00 bits per heavy atom. The van der Waals surface area contributed by atoms with Crippen LogP contribution in [0.25, 0.3) is 10.9 Å². The molecule has 6 nitrogen and oxygen atoms in total. The quantitative estimate of drug-likeness (QED) is 0.852. The van der Waals surface area contributed by atoms with E-state index in [4.69, 9.17) is 10.5 Å². The number of fused-ring (bicyclic) bond motifs is 1. The van der Waals surface area contributed by atoms with Crippen LogP contribution in [0.5, 0.6) is 0 Å². The minimum Gasteiger partial charge on any atom is -0.378 e. The van der Waals surface area contributed by atoms with Crippen LogP contribution in [-0.2, 0) is 9.53 Å². The van der Waals surface area contributed by atoms with Gasteiger partial charge in [0, 0.05) is 18.5 Å². The summed E-state index contributed by atoms with van der Waals surface area (Å²) >= 11 is 1.34. The Hall–Kier alpha value is -2.12. The molecule has 1 atom stereocenters. The number of aromatic nitrogens is 1. The number of pyridine rings is 1. The van der Waals surface area contributed by atoms with Crippen LogP contribution in [-0.4, -0.2) is 53.3 Å². The fourth-order valence-electron chi connectivity index (χ4n) is 2.69. The van der Waals surface area contributed by atoms with Crippen LogP contribution in [0.2, 0.25) is 0 Å². The predicted molar refractivity (Wildman–Crippen MR) is 93.0 cm³/mol. The molecule has 0 aliphatic carbocycles. The number of hydrogen-bond donors (Lipinski definition) is 1. The number of carbonyl (C=O) groups excluding carboxylic acids is 2. The van der Waals surface area contributed by atoms with E-state index in [1.54, 1.807) is 11.0 Å². The Morgan fingerprint density at radius 3 is 2.71 bits per heavy atom. The molecular weight excluding hydrogens is 326 g/mol. The topological polar surface area (TPSA) is 85.5 Å². The average molecular weight is 345 g/mol.